The van der Waals surface area contributed by atoms with Gasteiger partial charge in [-0.15, -0.1) is 0 Å². The number of methoxy groups -OCH3 is 2. The second kappa shape index (κ2) is 9.15. The van der Waals surface area contributed by atoms with Crippen molar-refractivity contribution in [1.29, 1.82) is 0 Å². The normalized spacial score (nSPS) is 15.2. The van der Waals surface area contributed by atoms with Crippen molar-refractivity contribution in [2.24, 2.45) is 0 Å². The Labute approximate surface area is 188 Å². The Morgan fingerprint density at radius 2 is 1.79 bits per heavy atom. The number of nitrogens with zero attached hydrogens (tertiary/aromatic N) is 1. The summed E-state index contributed by atoms with van der Waals surface area (Å²) in [6, 6.07) is 10.2. The fourth-order valence-corrected chi connectivity index (χ4v) is 4.40. The standard InChI is InChI=1S/C20H15Br2NO5S/c1-27-16-8-11(7-14(22)18(16)28-2)9-17-19(25)23(20(26)29-17)10-15(24)12-3-5-13(21)6-4-12/h3-9H,10H2,1-2H3/b17-9+. The molecular weight excluding hydrogens is 526 g/mol. The number of imide groups is 1. The van der Waals surface area contributed by atoms with E-state index in [1.807, 2.05) is 0 Å². The van der Waals surface area contributed by atoms with E-state index >= 15 is 0 Å². The Balaban J connectivity index is 1.82. The van der Waals surface area contributed by atoms with Crippen molar-refractivity contribution < 1.29 is 23.9 Å². The molecule has 0 radical (unpaired) electrons. The maximum absolute atomic E-state index is 12.7. The van der Waals surface area contributed by atoms with Gasteiger partial charge in [-0.3, -0.25) is 19.3 Å². The first kappa shape index (κ1) is 21.6. The molecule has 2 amide bonds. The van der Waals surface area contributed by atoms with Crippen LogP contribution in [0.2, 0.25) is 0 Å². The largest absolute Gasteiger partial charge is 0.493 e. The lowest BCUT2D eigenvalue weighted by atomic mass is 10.1. The highest BCUT2D eigenvalue weighted by molar-refractivity contribution is 9.10. The lowest BCUT2D eigenvalue weighted by Gasteiger charge is -2.12. The van der Waals surface area contributed by atoms with Gasteiger partial charge >= 0.3 is 0 Å². The molecule has 3 rings (SSSR count). The molecule has 2 aromatic carbocycles. The van der Waals surface area contributed by atoms with Crippen LogP contribution in [-0.2, 0) is 4.79 Å². The molecule has 0 saturated carbocycles. The number of Topliss-reactive ketones (excluding diaryl/α,β-unsaturated/α-hetero) is 1. The predicted octanol–water partition coefficient (Wildman–Crippen LogP) is 5.15. The summed E-state index contributed by atoms with van der Waals surface area (Å²) in [4.78, 5) is 38.6. The number of benzene rings is 2. The van der Waals surface area contributed by atoms with Gasteiger partial charge in [0.05, 0.1) is 30.1 Å². The third kappa shape index (κ3) is 4.73. The first-order chi connectivity index (χ1) is 13.8. The molecule has 150 valence electrons. The van der Waals surface area contributed by atoms with Crippen LogP contribution in [0, 0.1) is 0 Å². The van der Waals surface area contributed by atoms with Crippen LogP contribution < -0.4 is 9.47 Å². The number of ether oxygens (including phenoxy) is 2. The first-order valence-corrected chi connectivity index (χ1v) is 10.7. The Morgan fingerprint density at radius 3 is 2.41 bits per heavy atom. The minimum Gasteiger partial charge on any atom is -0.493 e. The van der Waals surface area contributed by atoms with E-state index < -0.39 is 11.1 Å². The van der Waals surface area contributed by atoms with Crippen LogP contribution in [0.3, 0.4) is 0 Å². The average Bonchev–Trinajstić information content (AvgIpc) is 2.95. The van der Waals surface area contributed by atoms with Gasteiger partial charge in [-0.2, -0.15) is 0 Å². The zero-order valence-electron chi connectivity index (χ0n) is 15.4. The van der Waals surface area contributed by atoms with Crippen LogP contribution in [0.15, 0.2) is 50.2 Å². The first-order valence-electron chi connectivity index (χ1n) is 8.29. The molecule has 0 unspecified atom stereocenters. The van der Waals surface area contributed by atoms with E-state index in [0.717, 1.165) is 21.1 Å². The zero-order valence-corrected chi connectivity index (χ0v) is 19.4. The van der Waals surface area contributed by atoms with Crippen LogP contribution in [-0.4, -0.2) is 42.6 Å². The number of amides is 2. The molecule has 29 heavy (non-hydrogen) atoms. The number of carbonyl (C=O) groups is 3. The van der Waals surface area contributed by atoms with Gasteiger partial charge < -0.3 is 9.47 Å². The summed E-state index contributed by atoms with van der Waals surface area (Å²) in [6.45, 7) is -0.306. The van der Waals surface area contributed by atoms with Crippen molar-refractivity contribution in [2.75, 3.05) is 20.8 Å². The van der Waals surface area contributed by atoms with Gasteiger partial charge in [0.15, 0.2) is 17.3 Å². The minimum absolute atomic E-state index is 0.234. The molecule has 1 aliphatic rings. The number of ketones is 1. The van der Waals surface area contributed by atoms with Crippen LogP contribution in [0.5, 0.6) is 11.5 Å². The van der Waals surface area contributed by atoms with Crippen LogP contribution >= 0.6 is 43.6 Å². The SMILES string of the molecule is COc1cc(/C=C2/SC(=O)N(CC(=O)c3ccc(Br)cc3)C2=O)cc(Br)c1OC. The Morgan fingerprint density at radius 1 is 1.10 bits per heavy atom. The topological polar surface area (TPSA) is 72.9 Å². The van der Waals surface area contributed by atoms with Gasteiger partial charge in [0, 0.05) is 10.0 Å². The summed E-state index contributed by atoms with van der Waals surface area (Å²) in [6.07, 6.45) is 1.59. The van der Waals surface area contributed by atoms with E-state index in [1.165, 1.54) is 14.2 Å². The van der Waals surface area contributed by atoms with Gasteiger partial charge in [-0.05, 0) is 63.6 Å². The van der Waals surface area contributed by atoms with Crippen LogP contribution in [0.25, 0.3) is 6.08 Å². The van der Waals surface area contributed by atoms with Crippen LogP contribution in [0.1, 0.15) is 15.9 Å². The smallest absolute Gasteiger partial charge is 0.293 e. The van der Waals surface area contributed by atoms with Crippen molar-refractivity contribution in [3.05, 3.63) is 61.4 Å². The maximum Gasteiger partial charge on any atom is 0.293 e. The minimum atomic E-state index is -0.503. The number of halogens is 2. The summed E-state index contributed by atoms with van der Waals surface area (Å²) in [5, 5.41) is -0.480. The van der Waals surface area contributed by atoms with E-state index in [-0.39, 0.29) is 17.2 Å². The Bertz CT molecular complexity index is 1020. The zero-order chi connectivity index (χ0) is 21.1. The average molecular weight is 541 g/mol. The maximum atomic E-state index is 12.7. The number of carbonyl (C=O) groups excluding carboxylic acids is 3. The summed E-state index contributed by atoms with van der Waals surface area (Å²) >= 11 is 7.50. The molecule has 0 spiro atoms. The molecule has 0 aliphatic carbocycles. The van der Waals surface area contributed by atoms with Crippen molar-refractivity contribution in [3.8, 4) is 11.5 Å². The second-order valence-electron chi connectivity index (χ2n) is 5.94. The van der Waals surface area contributed by atoms with Gasteiger partial charge in [0.2, 0.25) is 0 Å². The van der Waals surface area contributed by atoms with Gasteiger partial charge in [0.1, 0.15) is 0 Å². The molecule has 0 aromatic heterocycles. The summed E-state index contributed by atoms with van der Waals surface area (Å²) in [5.74, 6) is 0.196. The monoisotopic (exact) mass is 539 g/mol. The molecule has 1 heterocycles. The van der Waals surface area contributed by atoms with E-state index in [1.54, 1.807) is 42.5 Å². The summed E-state index contributed by atoms with van der Waals surface area (Å²) < 4.78 is 12.1. The molecule has 2 aromatic rings. The molecular formula is C20H15Br2NO5S. The molecule has 9 heteroatoms. The lowest BCUT2D eigenvalue weighted by molar-refractivity contribution is -0.122. The van der Waals surface area contributed by atoms with E-state index in [0.29, 0.717) is 27.1 Å². The molecule has 0 atom stereocenters. The third-order valence-electron chi connectivity index (χ3n) is 4.10. The van der Waals surface area contributed by atoms with Gasteiger partial charge in [-0.25, -0.2) is 0 Å². The molecule has 0 N–H and O–H groups in total. The van der Waals surface area contributed by atoms with Gasteiger partial charge in [-0.1, -0.05) is 28.1 Å². The lowest BCUT2D eigenvalue weighted by Crippen LogP contribution is -2.33. The highest BCUT2D eigenvalue weighted by Gasteiger charge is 2.36. The van der Waals surface area contributed by atoms with Crippen molar-refractivity contribution >= 4 is 66.6 Å². The molecule has 1 fully saturated rings. The fraction of sp³-hybridized carbons (Fsp3) is 0.150. The number of rotatable bonds is 6. The quantitative estimate of drug-likeness (QED) is 0.373. The molecule has 6 nitrogen and oxygen atoms in total. The third-order valence-corrected chi connectivity index (χ3v) is 6.12. The highest BCUT2D eigenvalue weighted by atomic mass is 79.9. The van der Waals surface area contributed by atoms with E-state index in [2.05, 4.69) is 31.9 Å². The predicted molar refractivity (Wildman–Crippen MR) is 118 cm³/mol. The molecule has 1 aliphatic heterocycles. The Hall–Kier alpha value is -2.10. The van der Waals surface area contributed by atoms with Crippen molar-refractivity contribution in [2.45, 2.75) is 0 Å². The molecule has 1 saturated heterocycles. The van der Waals surface area contributed by atoms with Gasteiger partial charge in [0.25, 0.3) is 11.1 Å². The van der Waals surface area contributed by atoms with Crippen molar-refractivity contribution in [1.82, 2.24) is 4.90 Å². The van der Waals surface area contributed by atoms with E-state index in [9.17, 15) is 14.4 Å². The van der Waals surface area contributed by atoms with Crippen LogP contribution in [0.4, 0.5) is 4.79 Å². The molecule has 0 bridgehead atoms. The second-order valence-corrected chi connectivity index (χ2v) is 8.70. The number of thioether (sulfide) groups is 1. The van der Waals surface area contributed by atoms with E-state index in [4.69, 9.17) is 9.47 Å². The summed E-state index contributed by atoms with van der Waals surface area (Å²) in [7, 11) is 3.03. The van der Waals surface area contributed by atoms with Crippen molar-refractivity contribution in [3.63, 3.8) is 0 Å². The number of hydrogen-bond donors (Lipinski definition) is 0. The fourth-order valence-electron chi connectivity index (χ4n) is 2.68. The summed E-state index contributed by atoms with van der Waals surface area (Å²) in [5.41, 5.74) is 1.08. The highest BCUT2D eigenvalue weighted by Crippen LogP contribution is 2.38. The number of hydrogen-bond acceptors (Lipinski definition) is 6. The Kier molecular flexibility index (Phi) is 6.81.